The summed E-state index contributed by atoms with van der Waals surface area (Å²) in [6.45, 7) is 3.85. The summed E-state index contributed by atoms with van der Waals surface area (Å²) in [5, 5.41) is 3.72. The number of ether oxygens (including phenoxy) is 1. The van der Waals surface area contributed by atoms with Crippen LogP contribution in [0.5, 0.6) is 0 Å². The van der Waals surface area contributed by atoms with E-state index in [1.54, 1.807) is 26.0 Å². The van der Waals surface area contributed by atoms with Gasteiger partial charge in [-0.15, -0.1) is 12.4 Å². The van der Waals surface area contributed by atoms with Crippen molar-refractivity contribution in [3.63, 3.8) is 0 Å². The van der Waals surface area contributed by atoms with Gasteiger partial charge in [0, 0.05) is 16.4 Å². The van der Waals surface area contributed by atoms with Gasteiger partial charge in [-0.05, 0) is 38.1 Å². The third kappa shape index (κ3) is 3.88. The highest BCUT2D eigenvalue weighted by Gasteiger charge is 2.15. The summed E-state index contributed by atoms with van der Waals surface area (Å²) < 4.78 is 4.92. The fourth-order valence-corrected chi connectivity index (χ4v) is 1.71. The van der Waals surface area contributed by atoms with Gasteiger partial charge in [0.25, 0.3) is 0 Å². The molecule has 0 atom stereocenters. The van der Waals surface area contributed by atoms with Gasteiger partial charge < -0.3 is 15.0 Å². The Kier molecular flexibility index (Phi) is 5.85. The van der Waals surface area contributed by atoms with Crippen LogP contribution < -0.4 is 5.32 Å². The van der Waals surface area contributed by atoms with E-state index in [1.165, 1.54) is 0 Å². The second-order valence-corrected chi connectivity index (χ2v) is 4.35. The van der Waals surface area contributed by atoms with Crippen LogP contribution in [0, 0.1) is 6.92 Å². The average Bonchev–Trinajstić information content (AvgIpc) is 2.74. The number of esters is 1. The SMILES string of the molecule is CCOC(=O)c1nc(Nc2ccc(Cl)cc2)[nH]c1C.Cl. The van der Waals surface area contributed by atoms with Crippen LogP contribution in [0.4, 0.5) is 11.6 Å². The molecule has 108 valence electrons. The van der Waals surface area contributed by atoms with Crippen molar-refractivity contribution in [1.82, 2.24) is 9.97 Å². The minimum atomic E-state index is -0.430. The van der Waals surface area contributed by atoms with Gasteiger partial charge in [-0.2, -0.15) is 0 Å². The first kappa shape index (κ1) is 16.3. The molecule has 0 fully saturated rings. The van der Waals surface area contributed by atoms with Crippen molar-refractivity contribution < 1.29 is 9.53 Å². The topological polar surface area (TPSA) is 67.0 Å². The van der Waals surface area contributed by atoms with Crippen LogP contribution in [-0.2, 0) is 4.74 Å². The summed E-state index contributed by atoms with van der Waals surface area (Å²) in [6, 6.07) is 7.19. The van der Waals surface area contributed by atoms with Crippen LogP contribution in [0.2, 0.25) is 5.02 Å². The van der Waals surface area contributed by atoms with E-state index in [-0.39, 0.29) is 12.4 Å². The number of rotatable bonds is 4. The van der Waals surface area contributed by atoms with E-state index in [4.69, 9.17) is 16.3 Å². The molecule has 0 aliphatic rings. The standard InChI is InChI=1S/C13H14ClN3O2.ClH/c1-3-19-12(18)11-8(2)15-13(17-11)16-10-6-4-9(14)5-7-10;/h4-7H,3H2,1-2H3,(H2,15,16,17);1H. The van der Waals surface area contributed by atoms with Gasteiger partial charge in [0.1, 0.15) is 0 Å². The number of imidazole rings is 1. The van der Waals surface area contributed by atoms with Crippen LogP contribution in [-0.4, -0.2) is 22.5 Å². The van der Waals surface area contributed by atoms with Crippen molar-refractivity contribution in [2.45, 2.75) is 13.8 Å². The summed E-state index contributed by atoms with van der Waals surface area (Å²) in [5.41, 5.74) is 1.78. The Morgan fingerprint density at radius 1 is 1.40 bits per heavy atom. The number of carbonyl (C=O) groups is 1. The largest absolute Gasteiger partial charge is 0.461 e. The normalized spacial score (nSPS) is 9.75. The van der Waals surface area contributed by atoms with Crippen molar-refractivity contribution in [3.05, 3.63) is 40.7 Å². The number of aromatic nitrogens is 2. The van der Waals surface area contributed by atoms with Crippen molar-refractivity contribution in [3.8, 4) is 0 Å². The number of benzene rings is 1. The van der Waals surface area contributed by atoms with Crippen molar-refractivity contribution in [1.29, 1.82) is 0 Å². The molecule has 0 spiro atoms. The molecule has 5 nitrogen and oxygen atoms in total. The van der Waals surface area contributed by atoms with Gasteiger partial charge in [-0.3, -0.25) is 0 Å². The molecule has 0 aliphatic carbocycles. The second-order valence-electron chi connectivity index (χ2n) is 3.91. The Morgan fingerprint density at radius 3 is 2.65 bits per heavy atom. The van der Waals surface area contributed by atoms with Crippen LogP contribution >= 0.6 is 24.0 Å². The lowest BCUT2D eigenvalue weighted by atomic mass is 10.3. The van der Waals surface area contributed by atoms with Gasteiger partial charge in [0.05, 0.1) is 6.61 Å². The summed E-state index contributed by atoms with van der Waals surface area (Å²) in [5.74, 6) is 0.0586. The molecular weight excluding hydrogens is 301 g/mol. The maximum absolute atomic E-state index is 11.6. The van der Waals surface area contributed by atoms with Gasteiger partial charge in [0.15, 0.2) is 5.69 Å². The Hall–Kier alpha value is -1.72. The summed E-state index contributed by atoms with van der Waals surface area (Å²) in [7, 11) is 0. The van der Waals surface area contributed by atoms with Crippen LogP contribution in [0.15, 0.2) is 24.3 Å². The minimum Gasteiger partial charge on any atom is -0.461 e. The Labute approximate surface area is 128 Å². The number of carbonyl (C=O) groups excluding carboxylic acids is 1. The predicted molar refractivity (Wildman–Crippen MR) is 81.3 cm³/mol. The number of aromatic amines is 1. The Morgan fingerprint density at radius 2 is 2.05 bits per heavy atom. The van der Waals surface area contributed by atoms with Gasteiger partial charge in [-0.25, -0.2) is 9.78 Å². The maximum Gasteiger partial charge on any atom is 0.358 e. The number of hydrogen-bond donors (Lipinski definition) is 2. The summed E-state index contributed by atoms with van der Waals surface area (Å²) >= 11 is 5.81. The summed E-state index contributed by atoms with van der Waals surface area (Å²) in [4.78, 5) is 18.8. The molecule has 2 aromatic rings. The molecule has 1 heterocycles. The zero-order valence-corrected chi connectivity index (χ0v) is 12.6. The van der Waals surface area contributed by atoms with E-state index >= 15 is 0 Å². The smallest absolute Gasteiger partial charge is 0.358 e. The molecule has 0 saturated heterocycles. The quantitative estimate of drug-likeness (QED) is 0.844. The van der Waals surface area contributed by atoms with Crippen LogP contribution in [0.1, 0.15) is 23.1 Å². The lowest BCUT2D eigenvalue weighted by molar-refractivity contribution is 0.0519. The van der Waals surface area contributed by atoms with Crippen LogP contribution in [0.3, 0.4) is 0 Å². The molecule has 20 heavy (non-hydrogen) atoms. The first-order valence-corrected chi connectivity index (χ1v) is 6.24. The third-order valence-corrected chi connectivity index (χ3v) is 2.71. The van der Waals surface area contributed by atoms with E-state index < -0.39 is 5.97 Å². The van der Waals surface area contributed by atoms with E-state index in [0.29, 0.717) is 29.0 Å². The number of H-pyrrole nitrogens is 1. The molecule has 0 aliphatic heterocycles. The van der Waals surface area contributed by atoms with Crippen LogP contribution in [0.25, 0.3) is 0 Å². The molecule has 0 saturated carbocycles. The van der Waals surface area contributed by atoms with E-state index in [2.05, 4.69) is 15.3 Å². The lowest BCUT2D eigenvalue weighted by Gasteiger charge is -2.02. The van der Waals surface area contributed by atoms with Gasteiger partial charge in [0.2, 0.25) is 5.95 Å². The molecule has 2 N–H and O–H groups in total. The molecule has 0 amide bonds. The molecule has 2 rings (SSSR count). The zero-order valence-electron chi connectivity index (χ0n) is 11.1. The average molecular weight is 316 g/mol. The maximum atomic E-state index is 11.6. The number of anilines is 2. The molecular formula is C13H15Cl2N3O2. The third-order valence-electron chi connectivity index (χ3n) is 2.46. The van der Waals surface area contributed by atoms with E-state index in [0.717, 1.165) is 5.69 Å². The van der Waals surface area contributed by atoms with Crippen molar-refractivity contribution in [2.75, 3.05) is 11.9 Å². The molecule has 0 radical (unpaired) electrons. The molecule has 0 bridgehead atoms. The first-order valence-electron chi connectivity index (χ1n) is 5.86. The molecule has 1 aromatic carbocycles. The Balaban J connectivity index is 0.00000200. The zero-order chi connectivity index (χ0) is 13.8. The number of hydrogen-bond acceptors (Lipinski definition) is 4. The number of nitrogens with zero attached hydrogens (tertiary/aromatic N) is 1. The van der Waals surface area contributed by atoms with Gasteiger partial charge in [-0.1, -0.05) is 11.6 Å². The van der Waals surface area contributed by atoms with Crippen molar-refractivity contribution in [2.24, 2.45) is 0 Å². The summed E-state index contributed by atoms with van der Waals surface area (Å²) in [6.07, 6.45) is 0. The second kappa shape index (κ2) is 7.17. The Bertz CT molecular complexity index is 582. The number of aryl methyl sites for hydroxylation is 1. The highest BCUT2D eigenvalue weighted by Crippen LogP contribution is 2.18. The fourth-order valence-electron chi connectivity index (χ4n) is 1.59. The van der Waals surface area contributed by atoms with Crippen molar-refractivity contribution >= 4 is 41.6 Å². The fraction of sp³-hybridized carbons (Fsp3) is 0.231. The highest BCUT2D eigenvalue weighted by atomic mass is 35.5. The highest BCUT2D eigenvalue weighted by molar-refractivity contribution is 6.30. The molecule has 1 aromatic heterocycles. The minimum absolute atomic E-state index is 0. The number of nitrogens with one attached hydrogen (secondary N) is 2. The number of halogens is 2. The van der Waals surface area contributed by atoms with E-state index in [1.807, 2.05) is 12.1 Å². The predicted octanol–water partition coefficient (Wildman–Crippen LogP) is 3.71. The van der Waals surface area contributed by atoms with Gasteiger partial charge >= 0.3 is 5.97 Å². The lowest BCUT2D eigenvalue weighted by Crippen LogP contribution is -2.06. The van der Waals surface area contributed by atoms with E-state index in [9.17, 15) is 4.79 Å². The first-order chi connectivity index (χ1) is 9.10. The molecule has 7 heteroatoms. The molecule has 0 unspecified atom stereocenters. The monoisotopic (exact) mass is 315 g/mol.